The highest BCUT2D eigenvalue weighted by Gasteiger charge is 2.37. The van der Waals surface area contributed by atoms with E-state index in [1.165, 1.54) is 0 Å². The van der Waals surface area contributed by atoms with Gasteiger partial charge in [-0.25, -0.2) is 0 Å². The molecule has 0 amide bonds. The summed E-state index contributed by atoms with van der Waals surface area (Å²) in [6, 6.07) is 20.0. The van der Waals surface area contributed by atoms with Gasteiger partial charge in [0.1, 0.15) is 6.10 Å². The molecule has 2 aromatic carbocycles. The normalized spacial score (nSPS) is 27.1. The van der Waals surface area contributed by atoms with Gasteiger partial charge in [0.25, 0.3) is 0 Å². The average molecular weight is 328 g/mol. The first-order valence-electron chi connectivity index (χ1n) is 8.37. The van der Waals surface area contributed by atoms with E-state index in [1.807, 2.05) is 67.6 Å². The molecular formula is C20H24O4. The van der Waals surface area contributed by atoms with Crippen LogP contribution in [0.2, 0.25) is 0 Å². The van der Waals surface area contributed by atoms with E-state index in [0.29, 0.717) is 19.6 Å². The van der Waals surface area contributed by atoms with Gasteiger partial charge in [0, 0.05) is 6.42 Å². The standard InChI is InChI=1S/C20H24O4/c1-15-20(23-14-17-10-6-3-7-11-17)18(12-19(21)24-15)22-13-16-8-4-2-5-9-16/h2-11,15,18-21H,12-14H2,1H3/t15-,18-,19?,20+/m0/s1. The van der Waals surface area contributed by atoms with E-state index in [-0.39, 0.29) is 18.3 Å². The molecule has 0 aliphatic carbocycles. The molecule has 128 valence electrons. The van der Waals surface area contributed by atoms with Crippen molar-refractivity contribution < 1.29 is 19.3 Å². The number of rotatable bonds is 6. The minimum absolute atomic E-state index is 0.201. The summed E-state index contributed by atoms with van der Waals surface area (Å²) in [4.78, 5) is 0. The van der Waals surface area contributed by atoms with Crippen LogP contribution in [0.5, 0.6) is 0 Å². The summed E-state index contributed by atoms with van der Waals surface area (Å²) in [5.74, 6) is 0. The van der Waals surface area contributed by atoms with Crippen molar-refractivity contribution in [1.82, 2.24) is 0 Å². The van der Waals surface area contributed by atoms with Crippen LogP contribution in [0.25, 0.3) is 0 Å². The Hall–Kier alpha value is -1.72. The molecule has 0 spiro atoms. The van der Waals surface area contributed by atoms with Gasteiger partial charge in [0.15, 0.2) is 6.29 Å². The molecular weight excluding hydrogens is 304 g/mol. The average Bonchev–Trinajstić information content (AvgIpc) is 2.61. The largest absolute Gasteiger partial charge is 0.371 e. The summed E-state index contributed by atoms with van der Waals surface area (Å²) in [7, 11) is 0. The number of ether oxygens (including phenoxy) is 3. The van der Waals surface area contributed by atoms with Gasteiger partial charge in [0.2, 0.25) is 0 Å². The van der Waals surface area contributed by atoms with Gasteiger partial charge in [-0.05, 0) is 18.1 Å². The molecule has 1 saturated heterocycles. The summed E-state index contributed by atoms with van der Waals surface area (Å²) in [5.41, 5.74) is 2.21. The fraction of sp³-hybridized carbons (Fsp3) is 0.400. The lowest BCUT2D eigenvalue weighted by Crippen LogP contribution is -2.49. The quantitative estimate of drug-likeness (QED) is 0.884. The smallest absolute Gasteiger partial charge is 0.157 e. The Balaban J connectivity index is 1.61. The van der Waals surface area contributed by atoms with Crippen LogP contribution in [-0.4, -0.2) is 29.7 Å². The maximum Gasteiger partial charge on any atom is 0.157 e. The predicted molar refractivity (Wildman–Crippen MR) is 91.2 cm³/mol. The minimum Gasteiger partial charge on any atom is -0.371 e. The molecule has 3 rings (SSSR count). The summed E-state index contributed by atoms with van der Waals surface area (Å²) in [6.45, 7) is 2.91. The minimum atomic E-state index is -0.808. The van der Waals surface area contributed by atoms with E-state index in [0.717, 1.165) is 11.1 Å². The van der Waals surface area contributed by atoms with E-state index >= 15 is 0 Å². The summed E-state index contributed by atoms with van der Waals surface area (Å²) in [6.07, 6.45) is -1.03. The van der Waals surface area contributed by atoms with E-state index in [2.05, 4.69) is 0 Å². The third-order valence-electron chi connectivity index (χ3n) is 4.23. The maximum absolute atomic E-state index is 9.89. The Morgan fingerprint density at radius 3 is 2.04 bits per heavy atom. The Labute approximate surface area is 143 Å². The van der Waals surface area contributed by atoms with Gasteiger partial charge in [-0.1, -0.05) is 60.7 Å². The highest BCUT2D eigenvalue weighted by atomic mass is 16.6. The van der Waals surface area contributed by atoms with E-state index < -0.39 is 6.29 Å². The van der Waals surface area contributed by atoms with Crippen molar-refractivity contribution in [3.8, 4) is 0 Å². The Morgan fingerprint density at radius 2 is 1.46 bits per heavy atom. The van der Waals surface area contributed by atoms with Crippen LogP contribution in [-0.2, 0) is 27.4 Å². The zero-order valence-electron chi connectivity index (χ0n) is 13.9. The second-order valence-corrected chi connectivity index (χ2v) is 6.13. The SMILES string of the molecule is C[C@@H]1OC(O)C[C@H](OCc2ccccc2)[C@@H]1OCc1ccccc1. The molecule has 4 heteroatoms. The number of aliphatic hydroxyl groups is 1. The van der Waals surface area contributed by atoms with Crippen LogP contribution in [0.4, 0.5) is 0 Å². The monoisotopic (exact) mass is 328 g/mol. The fourth-order valence-corrected chi connectivity index (χ4v) is 2.97. The van der Waals surface area contributed by atoms with Crippen molar-refractivity contribution in [3.05, 3.63) is 71.8 Å². The van der Waals surface area contributed by atoms with Gasteiger partial charge in [-0.3, -0.25) is 0 Å². The van der Waals surface area contributed by atoms with Gasteiger partial charge >= 0.3 is 0 Å². The molecule has 24 heavy (non-hydrogen) atoms. The molecule has 1 unspecified atom stereocenters. The van der Waals surface area contributed by atoms with Gasteiger partial charge in [-0.15, -0.1) is 0 Å². The van der Waals surface area contributed by atoms with Crippen LogP contribution in [0.3, 0.4) is 0 Å². The molecule has 1 N–H and O–H groups in total. The Bertz CT molecular complexity index is 602. The third kappa shape index (κ3) is 4.65. The van der Waals surface area contributed by atoms with Crippen LogP contribution in [0.1, 0.15) is 24.5 Å². The Morgan fingerprint density at radius 1 is 0.917 bits per heavy atom. The van der Waals surface area contributed by atoms with Crippen molar-refractivity contribution in [1.29, 1.82) is 0 Å². The number of aliphatic hydroxyl groups excluding tert-OH is 1. The lowest BCUT2D eigenvalue weighted by atomic mass is 10.0. The summed E-state index contributed by atoms with van der Waals surface area (Å²) < 4.78 is 17.6. The zero-order valence-corrected chi connectivity index (χ0v) is 13.9. The molecule has 4 atom stereocenters. The molecule has 2 aromatic rings. The first-order valence-corrected chi connectivity index (χ1v) is 8.37. The van der Waals surface area contributed by atoms with Gasteiger partial charge in [0.05, 0.1) is 25.4 Å². The van der Waals surface area contributed by atoms with Crippen molar-refractivity contribution in [2.45, 2.75) is 51.2 Å². The fourth-order valence-electron chi connectivity index (χ4n) is 2.97. The molecule has 1 fully saturated rings. The first-order chi connectivity index (χ1) is 11.7. The van der Waals surface area contributed by atoms with E-state index in [4.69, 9.17) is 14.2 Å². The lowest BCUT2D eigenvalue weighted by Gasteiger charge is -2.38. The zero-order chi connectivity index (χ0) is 16.8. The summed E-state index contributed by atoms with van der Waals surface area (Å²) >= 11 is 0. The number of hydrogen-bond donors (Lipinski definition) is 1. The molecule has 0 bridgehead atoms. The van der Waals surface area contributed by atoms with E-state index in [9.17, 15) is 5.11 Å². The van der Waals surface area contributed by atoms with Crippen LogP contribution in [0.15, 0.2) is 60.7 Å². The molecule has 0 saturated carbocycles. The van der Waals surface area contributed by atoms with Crippen molar-refractivity contribution >= 4 is 0 Å². The summed E-state index contributed by atoms with van der Waals surface area (Å²) in [5, 5.41) is 9.89. The predicted octanol–water partition coefficient (Wildman–Crippen LogP) is 3.28. The number of benzene rings is 2. The van der Waals surface area contributed by atoms with Crippen LogP contribution < -0.4 is 0 Å². The van der Waals surface area contributed by atoms with Crippen LogP contribution in [0, 0.1) is 0 Å². The Kier molecular flexibility index (Phi) is 5.99. The second-order valence-electron chi connectivity index (χ2n) is 6.13. The van der Waals surface area contributed by atoms with Gasteiger partial charge < -0.3 is 19.3 Å². The number of hydrogen-bond acceptors (Lipinski definition) is 4. The van der Waals surface area contributed by atoms with Gasteiger partial charge in [-0.2, -0.15) is 0 Å². The molecule has 4 nitrogen and oxygen atoms in total. The molecule has 1 aliphatic heterocycles. The maximum atomic E-state index is 9.89. The highest BCUT2D eigenvalue weighted by Crippen LogP contribution is 2.26. The first kappa shape index (κ1) is 17.1. The van der Waals surface area contributed by atoms with E-state index in [1.54, 1.807) is 0 Å². The third-order valence-corrected chi connectivity index (χ3v) is 4.23. The van der Waals surface area contributed by atoms with Crippen molar-refractivity contribution in [2.75, 3.05) is 0 Å². The van der Waals surface area contributed by atoms with Crippen molar-refractivity contribution in [3.63, 3.8) is 0 Å². The van der Waals surface area contributed by atoms with Crippen molar-refractivity contribution in [2.24, 2.45) is 0 Å². The second kappa shape index (κ2) is 8.40. The molecule has 1 aliphatic rings. The molecule has 0 aromatic heterocycles. The molecule has 0 radical (unpaired) electrons. The molecule has 1 heterocycles. The topological polar surface area (TPSA) is 47.9 Å². The lowest BCUT2D eigenvalue weighted by molar-refractivity contribution is -0.251. The van der Waals surface area contributed by atoms with Crippen LogP contribution >= 0.6 is 0 Å². The highest BCUT2D eigenvalue weighted by molar-refractivity contribution is 5.14.